The van der Waals surface area contributed by atoms with Gasteiger partial charge in [0.25, 0.3) is 5.91 Å². The zero-order valence-electron chi connectivity index (χ0n) is 13.2. The molecule has 0 saturated carbocycles. The van der Waals surface area contributed by atoms with E-state index in [1.165, 1.54) is 6.21 Å². The number of carbonyl (C=O) groups excluding carboxylic acids is 1. The van der Waals surface area contributed by atoms with Crippen LogP contribution in [0.4, 0.5) is 0 Å². The molecule has 126 valence electrons. The summed E-state index contributed by atoms with van der Waals surface area (Å²) < 4.78 is 12.5. The number of para-hydroxylation sites is 1. The Hall–Kier alpha value is -1.86. The molecule has 1 amide bonds. The first kappa shape index (κ1) is 18.5. The van der Waals surface area contributed by atoms with E-state index in [2.05, 4.69) is 42.4 Å². The number of carbonyl (C=O) groups is 1. The highest BCUT2D eigenvalue weighted by Crippen LogP contribution is 2.32. The Bertz CT molecular complexity index is 740. The lowest BCUT2D eigenvalue weighted by Crippen LogP contribution is -2.24. The summed E-state index contributed by atoms with van der Waals surface area (Å²) in [6, 6.07) is 11.2. The molecule has 0 aliphatic carbocycles. The number of aryl methyl sites for hydroxylation is 1. The maximum absolute atomic E-state index is 11.8. The Labute approximate surface area is 157 Å². The molecule has 5 nitrogen and oxygen atoms in total. The number of ether oxygens (including phenoxy) is 2. The highest BCUT2D eigenvalue weighted by molar-refractivity contribution is 9.11. The van der Waals surface area contributed by atoms with E-state index in [0.29, 0.717) is 11.5 Å². The monoisotopic (exact) mass is 454 g/mol. The van der Waals surface area contributed by atoms with Gasteiger partial charge in [0.05, 0.1) is 17.8 Å². The van der Waals surface area contributed by atoms with E-state index in [9.17, 15) is 4.79 Å². The fraction of sp³-hybridized carbons (Fsp3) is 0.176. The molecule has 1 N–H and O–H groups in total. The minimum absolute atomic E-state index is 0.135. The maximum atomic E-state index is 11.8. The van der Waals surface area contributed by atoms with Gasteiger partial charge in [-0.3, -0.25) is 4.79 Å². The van der Waals surface area contributed by atoms with Crippen molar-refractivity contribution in [2.75, 3.05) is 13.7 Å². The molecule has 7 heteroatoms. The summed E-state index contributed by atoms with van der Waals surface area (Å²) in [6.07, 6.45) is 1.53. The number of hydrogen-bond donors (Lipinski definition) is 1. The molecular weight excluding hydrogens is 440 g/mol. The third kappa shape index (κ3) is 5.07. The van der Waals surface area contributed by atoms with Gasteiger partial charge in [-0.1, -0.05) is 28.1 Å². The van der Waals surface area contributed by atoms with Gasteiger partial charge in [-0.2, -0.15) is 5.10 Å². The summed E-state index contributed by atoms with van der Waals surface area (Å²) in [5.74, 6) is 0.957. The molecule has 0 atom stereocenters. The number of nitrogens with zero attached hydrogens (tertiary/aromatic N) is 1. The number of methoxy groups -OCH3 is 1. The summed E-state index contributed by atoms with van der Waals surface area (Å²) in [5.41, 5.74) is 4.12. The number of nitrogens with one attached hydrogen (secondary N) is 1. The van der Waals surface area contributed by atoms with Crippen molar-refractivity contribution in [1.29, 1.82) is 0 Å². The SMILES string of the molecule is COc1ccccc1/C=N/NC(=O)COc1c(C)cc(Br)cc1Br. The van der Waals surface area contributed by atoms with Gasteiger partial charge in [0.2, 0.25) is 0 Å². The van der Waals surface area contributed by atoms with Gasteiger partial charge < -0.3 is 9.47 Å². The fourth-order valence-corrected chi connectivity index (χ4v) is 3.54. The maximum Gasteiger partial charge on any atom is 0.277 e. The highest BCUT2D eigenvalue weighted by atomic mass is 79.9. The summed E-state index contributed by atoms with van der Waals surface area (Å²) in [6.45, 7) is 1.77. The van der Waals surface area contributed by atoms with Crippen molar-refractivity contribution >= 4 is 44.0 Å². The molecule has 0 heterocycles. The van der Waals surface area contributed by atoms with Crippen molar-refractivity contribution in [3.63, 3.8) is 0 Å². The van der Waals surface area contributed by atoms with Crippen LogP contribution in [-0.4, -0.2) is 25.8 Å². The van der Waals surface area contributed by atoms with E-state index in [4.69, 9.17) is 9.47 Å². The van der Waals surface area contributed by atoms with Gasteiger partial charge in [-0.25, -0.2) is 5.43 Å². The summed E-state index contributed by atoms with van der Waals surface area (Å²) in [5, 5.41) is 3.92. The van der Waals surface area contributed by atoms with Gasteiger partial charge in [0.15, 0.2) is 6.61 Å². The van der Waals surface area contributed by atoms with Crippen molar-refractivity contribution in [2.24, 2.45) is 5.10 Å². The molecule has 0 aliphatic rings. The zero-order chi connectivity index (χ0) is 17.5. The number of rotatable bonds is 6. The third-order valence-electron chi connectivity index (χ3n) is 3.07. The van der Waals surface area contributed by atoms with E-state index in [-0.39, 0.29) is 12.5 Å². The van der Waals surface area contributed by atoms with Crippen LogP contribution in [0.3, 0.4) is 0 Å². The number of hydrogen-bond acceptors (Lipinski definition) is 4. The van der Waals surface area contributed by atoms with Gasteiger partial charge >= 0.3 is 0 Å². The lowest BCUT2D eigenvalue weighted by Gasteiger charge is -2.10. The normalized spacial score (nSPS) is 10.7. The van der Waals surface area contributed by atoms with E-state index in [1.807, 2.05) is 43.3 Å². The van der Waals surface area contributed by atoms with Crippen LogP contribution >= 0.6 is 31.9 Å². The first-order valence-electron chi connectivity index (χ1n) is 7.04. The average Bonchev–Trinajstić information content (AvgIpc) is 2.54. The van der Waals surface area contributed by atoms with E-state index in [1.54, 1.807) is 7.11 Å². The summed E-state index contributed by atoms with van der Waals surface area (Å²) >= 11 is 6.82. The lowest BCUT2D eigenvalue weighted by atomic mass is 10.2. The second-order valence-corrected chi connectivity index (χ2v) is 6.63. The minimum Gasteiger partial charge on any atom is -0.496 e. The third-order valence-corrected chi connectivity index (χ3v) is 4.12. The van der Waals surface area contributed by atoms with Crippen LogP contribution in [0.1, 0.15) is 11.1 Å². The van der Waals surface area contributed by atoms with Crippen molar-refractivity contribution < 1.29 is 14.3 Å². The van der Waals surface area contributed by atoms with Crippen molar-refractivity contribution in [2.45, 2.75) is 6.92 Å². The quantitative estimate of drug-likeness (QED) is 0.527. The van der Waals surface area contributed by atoms with Gasteiger partial charge in [0, 0.05) is 10.0 Å². The average molecular weight is 456 g/mol. The largest absolute Gasteiger partial charge is 0.496 e. The lowest BCUT2D eigenvalue weighted by molar-refractivity contribution is -0.123. The van der Waals surface area contributed by atoms with Crippen LogP contribution in [-0.2, 0) is 4.79 Å². The van der Waals surface area contributed by atoms with Crippen molar-refractivity contribution in [3.8, 4) is 11.5 Å². The number of halogens is 2. The second-order valence-electron chi connectivity index (χ2n) is 4.86. The standard InChI is InChI=1S/C17H16Br2N2O3/c1-11-7-13(18)8-14(19)17(11)24-10-16(22)21-20-9-12-5-3-4-6-15(12)23-2/h3-9H,10H2,1-2H3,(H,21,22)/b20-9+. The smallest absolute Gasteiger partial charge is 0.277 e. The molecule has 0 aliphatic heterocycles. The Balaban J connectivity index is 1.91. The highest BCUT2D eigenvalue weighted by Gasteiger charge is 2.09. The predicted octanol–water partition coefficient (Wildman–Crippen LogP) is 4.06. The van der Waals surface area contributed by atoms with Crippen LogP contribution < -0.4 is 14.9 Å². The first-order valence-corrected chi connectivity index (χ1v) is 8.63. The van der Waals surface area contributed by atoms with Crippen LogP contribution in [0.2, 0.25) is 0 Å². The minimum atomic E-state index is -0.352. The summed E-state index contributed by atoms with van der Waals surface area (Å²) in [7, 11) is 1.58. The number of benzene rings is 2. The molecule has 0 radical (unpaired) electrons. The Morgan fingerprint density at radius 3 is 2.75 bits per heavy atom. The van der Waals surface area contributed by atoms with Crippen LogP contribution in [0.25, 0.3) is 0 Å². The topological polar surface area (TPSA) is 59.9 Å². The zero-order valence-corrected chi connectivity index (χ0v) is 16.3. The van der Waals surface area contributed by atoms with Crippen LogP contribution in [0.15, 0.2) is 50.4 Å². The molecule has 2 rings (SSSR count). The van der Waals surface area contributed by atoms with Crippen molar-refractivity contribution in [3.05, 3.63) is 56.5 Å². The Morgan fingerprint density at radius 2 is 2.04 bits per heavy atom. The number of amides is 1. The molecule has 0 aromatic heterocycles. The van der Waals surface area contributed by atoms with Crippen LogP contribution in [0, 0.1) is 6.92 Å². The van der Waals surface area contributed by atoms with E-state index >= 15 is 0 Å². The van der Waals surface area contributed by atoms with Gasteiger partial charge in [-0.05, 0) is 52.7 Å². The molecule has 0 unspecified atom stereocenters. The molecule has 2 aromatic rings. The summed E-state index contributed by atoms with van der Waals surface area (Å²) in [4.78, 5) is 11.8. The number of hydrazone groups is 1. The molecule has 0 saturated heterocycles. The predicted molar refractivity (Wildman–Crippen MR) is 101 cm³/mol. The molecule has 0 bridgehead atoms. The Morgan fingerprint density at radius 1 is 1.29 bits per heavy atom. The van der Waals surface area contributed by atoms with Gasteiger partial charge in [-0.15, -0.1) is 0 Å². The molecular formula is C17H16Br2N2O3. The first-order chi connectivity index (χ1) is 11.5. The molecule has 0 spiro atoms. The van der Waals surface area contributed by atoms with E-state index in [0.717, 1.165) is 20.1 Å². The van der Waals surface area contributed by atoms with E-state index < -0.39 is 0 Å². The molecule has 0 fully saturated rings. The van der Waals surface area contributed by atoms with Gasteiger partial charge in [0.1, 0.15) is 11.5 Å². The Kier molecular flexibility index (Phi) is 6.81. The van der Waals surface area contributed by atoms with Crippen molar-refractivity contribution in [1.82, 2.24) is 5.43 Å². The fourth-order valence-electron chi connectivity index (χ4n) is 1.99. The molecule has 2 aromatic carbocycles. The molecule has 24 heavy (non-hydrogen) atoms. The second kappa shape index (κ2) is 8.84. The van der Waals surface area contributed by atoms with Crippen LogP contribution in [0.5, 0.6) is 11.5 Å².